The van der Waals surface area contributed by atoms with Gasteiger partial charge in [0, 0.05) is 43.7 Å². The first-order chi connectivity index (χ1) is 10.2. The highest BCUT2D eigenvalue weighted by Gasteiger charge is 2.26. The molecule has 0 saturated heterocycles. The molecule has 1 aromatic heterocycles. The van der Waals surface area contributed by atoms with Gasteiger partial charge in [-0.2, -0.15) is 0 Å². The largest absolute Gasteiger partial charge is 0.381 e. The SMILES string of the molecule is CCC1CNc2cc(F)c(F)cc2N1Cc1ccncc1. The molecule has 21 heavy (non-hydrogen) atoms. The van der Waals surface area contributed by atoms with Crippen LogP contribution in [0.4, 0.5) is 20.2 Å². The van der Waals surface area contributed by atoms with Gasteiger partial charge in [-0.15, -0.1) is 0 Å². The number of pyridine rings is 1. The second kappa shape index (κ2) is 5.68. The second-order valence-corrected chi connectivity index (χ2v) is 5.21. The van der Waals surface area contributed by atoms with E-state index < -0.39 is 11.6 Å². The van der Waals surface area contributed by atoms with Gasteiger partial charge >= 0.3 is 0 Å². The van der Waals surface area contributed by atoms with Crippen molar-refractivity contribution in [1.82, 2.24) is 4.98 Å². The van der Waals surface area contributed by atoms with Gasteiger partial charge in [-0.25, -0.2) is 8.78 Å². The maximum atomic E-state index is 13.6. The van der Waals surface area contributed by atoms with Gasteiger partial charge in [0.15, 0.2) is 11.6 Å². The van der Waals surface area contributed by atoms with Gasteiger partial charge in [-0.3, -0.25) is 4.98 Å². The summed E-state index contributed by atoms with van der Waals surface area (Å²) in [5.41, 5.74) is 2.46. The quantitative estimate of drug-likeness (QED) is 0.936. The molecule has 0 aliphatic carbocycles. The number of aromatic nitrogens is 1. The summed E-state index contributed by atoms with van der Waals surface area (Å²) in [4.78, 5) is 6.14. The van der Waals surface area contributed by atoms with E-state index in [0.717, 1.165) is 18.5 Å². The lowest BCUT2D eigenvalue weighted by Gasteiger charge is -2.39. The van der Waals surface area contributed by atoms with Crippen LogP contribution in [0.25, 0.3) is 0 Å². The molecule has 0 amide bonds. The number of anilines is 2. The fourth-order valence-corrected chi connectivity index (χ4v) is 2.71. The first kappa shape index (κ1) is 13.8. The van der Waals surface area contributed by atoms with Gasteiger partial charge in [0.05, 0.1) is 11.4 Å². The van der Waals surface area contributed by atoms with E-state index in [9.17, 15) is 8.78 Å². The van der Waals surface area contributed by atoms with Crippen LogP contribution in [0.2, 0.25) is 0 Å². The minimum Gasteiger partial charge on any atom is -0.381 e. The zero-order valence-corrected chi connectivity index (χ0v) is 11.8. The highest BCUT2D eigenvalue weighted by atomic mass is 19.2. The third-order valence-electron chi connectivity index (χ3n) is 3.89. The summed E-state index contributed by atoms with van der Waals surface area (Å²) in [6.45, 7) is 3.47. The van der Waals surface area contributed by atoms with E-state index in [4.69, 9.17) is 0 Å². The van der Waals surface area contributed by atoms with Crippen LogP contribution in [-0.2, 0) is 6.54 Å². The summed E-state index contributed by atoms with van der Waals surface area (Å²) in [7, 11) is 0. The summed E-state index contributed by atoms with van der Waals surface area (Å²) in [6.07, 6.45) is 4.41. The molecule has 2 aromatic rings. The number of fused-ring (bicyclic) bond motifs is 1. The Morgan fingerprint density at radius 3 is 2.67 bits per heavy atom. The van der Waals surface area contributed by atoms with E-state index in [2.05, 4.69) is 22.1 Å². The Bertz CT molecular complexity index is 631. The second-order valence-electron chi connectivity index (χ2n) is 5.21. The lowest BCUT2D eigenvalue weighted by Crippen LogP contribution is -2.43. The van der Waals surface area contributed by atoms with Crippen molar-refractivity contribution in [3.63, 3.8) is 0 Å². The number of rotatable bonds is 3. The number of nitrogens with zero attached hydrogens (tertiary/aromatic N) is 2. The summed E-state index contributed by atoms with van der Waals surface area (Å²) in [5.74, 6) is -1.63. The van der Waals surface area contributed by atoms with Gasteiger partial charge < -0.3 is 10.2 Å². The first-order valence-electron chi connectivity index (χ1n) is 7.07. The predicted molar refractivity (Wildman–Crippen MR) is 79.3 cm³/mol. The topological polar surface area (TPSA) is 28.2 Å². The maximum Gasteiger partial charge on any atom is 0.161 e. The van der Waals surface area contributed by atoms with Crippen molar-refractivity contribution in [2.75, 3.05) is 16.8 Å². The summed E-state index contributed by atoms with van der Waals surface area (Å²) >= 11 is 0. The molecule has 1 aromatic carbocycles. The number of hydrogen-bond donors (Lipinski definition) is 1. The van der Waals surface area contributed by atoms with E-state index in [1.807, 2.05) is 12.1 Å². The molecule has 1 aliphatic heterocycles. The smallest absolute Gasteiger partial charge is 0.161 e. The molecule has 0 radical (unpaired) electrons. The Morgan fingerprint density at radius 2 is 1.95 bits per heavy atom. The number of hydrogen-bond acceptors (Lipinski definition) is 3. The zero-order valence-electron chi connectivity index (χ0n) is 11.8. The molecule has 3 rings (SSSR count). The van der Waals surface area contributed by atoms with Crippen LogP contribution in [0, 0.1) is 11.6 Å². The van der Waals surface area contributed by atoms with E-state index in [-0.39, 0.29) is 6.04 Å². The molecule has 0 fully saturated rings. The van der Waals surface area contributed by atoms with Crippen molar-refractivity contribution in [3.05, 3.63) is 53.9 Å². The standard InChI is InChI=1S/C16H17F2N3/c1-2-12-9-20-15-7-13(17)14(18)8-16(15)21(12)10-11-3-5-19-6-4-11/h3-8,12,20H,2,9-10H2,1H3. The maximum absolute atomic E-state index is 13.6. The zero-order chi connectivity index (χ0) is 14.8. The lowest BCUT2D eigenvalue weighted by atomic mass is 10.0. The van der Waals surface area contributed by atoms with Crippen LogP contribution in [-0.4, -0.2) is 17.6 Å². The molecular weight excluding hydrogens is 272 g/mol. The van der Waals surface area contributed by atoms with E-state index >= 15 is 0 Å². The highest BCUT2D eigenvalue weighted by molar-refractivity contribution is 5.73. The number of benzene rings is 1. The molecule has 5 heteroatoms. The third kappa shape index (κ3) is 2.68. The van der Waals surface area contributed by atoms with Crippen LogP contribution >= 0.6 is 0 Å². The van der Waals surface area contributed by atoms with Crippen molar-refractivity contribution in [2.45, 2.75) is 25.9 Å². The van der Waals surface area contributed by atoms with Crippen molar-refractivity contribution in [2.24, 2.45) is 0 Å². The first-order valence-corrected chi connectivity index (χ1v) is 7.07. The Labute approximate surface area is 122 Å². The fraction of sp³-hybridized carbons (Fsp3) is 0.312. The Kier molecular flexibility index (Phi) is 3.73. The molecule has 110 valence electrons. The molecule has 0 spiro atoms. The van der Waals surface area contributed by atoms with Gasteiger partial charge in [-0.05, 0) is 24.1 Å². The Hall–Kier alpha value is -2.17. The van der Waals surface area contributed by atoms with Crippen LogP contribution in [0.3, 0.4) is 0 Å². The molecule has 1 aliphatic rings. The van der Waals surface area contributed by atoms with Gasteiger partial charge in [0.25, 0.3) is 0 Å². The normalized spacial score (nSPS) is 17.3. The summed E-state index contributed by atoms with van der Waals surface area (Å²) < 4.78 is 27.0. The van der Waals surface area contributed by atoms with Gasteiger partial charge in [-0.1, -0.05) is 6.92 Å². The monoisotopic (exact) mass is 289 g/mol. The molecule has 1 atom stereocenters. The summed E-state index contributed by atoms with van der Waals surface area (Å²) in [6, 6.07) is 6.63. The Morgan fingerprint density at radius 1 is 1.24 bits per heavy atom. The highest BCUT2D eigenvalue weighted by Crippen LogP contribution is 2.35. The van der Waals surface area contributed by atoms with Crippen molar-refractivity contribution >= 4 is 11.4 Å². The molecule has 3 nitrogen and oxygen atoms in total. The third-order valence-corrected chi connectivity index (χ3v) is 3.89. The average Bonchev–Trinajstić information content (AvgIpc) is 2.50. The van der Waals surface area contributed by atoms with Gasteiger partial charge in [0.1, 0.15) is 0 Å². The fourth-order valence-electron chi connectivity index (χ4n) is 2.71. The van der Waals surface area contributed by atoms with Crippen LogP contribution in [0.5, 0.6) is 0 Å². The van der Waals surface area contributed by atoms with Crippen molar-refractivity contribution < 1.29 is 8.78 Å². The average molecular weight is 289 g/mol. The number of halogens is 2. The molecular formula is C16H17F2N3. The summed E-state index contributed by atoms with van der Waals surface area (Å²) in [5, 5.41) is 3.19. The van der Waals surface area contributed by atoms with Crippen LogP contribution in [0.15, 0.2) is 36.7 Å². The molecule has 2 heterocycles. The van der Waals surface area contributed by atoms with Crippen molar-refractivity contribution in [3.8, 4) is 0 Å². The molecule has 1 N–H and O–H groups in total. The van der Waals surface area contributed by atoms with Crippen LogP contribution < -0.4 is 10.2 Å². The number of nitrogens with one attached hydrogen (secondary N) is 1. The van der Waals surface area contributed by atoms with Crippen LogP contribution in [0.1, 0.15) is 18.9 Å². The minimum atomic E-state index is -0.819. The van der Waals surface area contributed by atoms with Crippen molar-refractivity contribution in [1.29, 1.82) is 0 Å². The van der Waals surface area contributed by atoms with Gasteiger partial charge in [0.2, 0.25) is 0 Å². The predicted octanol–water partition coefficient (Wildman–Crippen LogP) is 3.57. The lowest BCUT2D eigenvalue weighted by molar-refractivity contribution is 0.504. The van der Waals surface area contributed by atoms with E-state index in [1.165, 1.54) is 12.1 Å². The Balaban J connectivity index is 1.98. The molecule has 0 saturated carbocycles. The van der Waals surface area contributed by atoms with E-state index in [1.54, 1.807) is 12.4 Å². The molecule has 1 unspecified atom stereocenters. The minimum absolute atomic E-state index is 0.246. The van der Waals surface area contributed by atoms with E-state index in [0.29, 0.717) is 17.9 Å². The molecule has 0 bridgehead atoms.